The average Bonchev–Trinajstić information content (AvgIpc) is 2.55. The molecule has 1 heteroatoms. The van der Waals surface area contributed by atoms with Crippen molar-refractivity contribution in [3.05, 3.63) is 71.4 Å². The predicted octanol–water partition coefficient (Wildman–Crippen LogP) is 6.40. The van der Waals surface area contributed by atoms with Gasteiger partial charge in [-0.25, -0.2) is 0 Å². The molecular formula is C21H27N. The maximum absolute atomic E-state index is 2.33. The SMILES string of the molecule is CCCc1cccc(N(C=C(C)CC)c2ccccc2)c1C. The molecule has 2 aromatic carbocycles. The van der Waals surface area contributed by atoms with Crippen molar-refractivity contribution in [2.45, 2.75) is 47.0 Å². The fourth-order valence-corrected chi connectivity index (χ4v) is 2.65. The first-order valence-electron chi connectivity index (χ1n) is 8.27. The number of allylic oxidation sites excluding steroid dienone is 1. The topological polar surface area (TPSA) is 3.24 Å². The van der Waals surface area contributed by atoms with Crippen LogP contribution in [0.2, 0.25) is 0 Å². The highest BCUT2D eigenvalue weighted by Gasteiger charge is 2.11. The number of para-hydroxylation sites is 1. The molecule has 0 saturated heterocycles. The lowest BCUT2D eigenvalue weighted by atomic mass is 10.0. The van der Waals surface area contributed by atoms with Crippen LogP contribution >= 0.6 is 0 Å². The van der Waals surface area contributed by atoms with Crippen molar-refractivity contribution >= 4 is 11.4 Å². The second-order valence-electron chi connectivity index (χ2n) is 5.85. The van der Waals surface area contributed by atoms with Crippen molar-refractivity contribution in [3.63, 3.8) is 0 Å². The van der Waals surface area contributed by atoms with Gasteiger partial charge in [-0.3, -0.25) is 0 Å². The minimum absolute atomic E-state index is 1.07. The first kappa shape index (κ1) is 16.4. The van der Waals surface area contributed by atoms with Crippen LogP contribution in [-0.2, 0) is 6.42 Å². The number of aryl methyl sites for hydroxylation is 1. The molecule has 0 unspecified atom stereocenters. The Bertz CT molecular complexity index is 626. The Morgan fingerprint density at radius 1 is 1.00 bits per heavy atom. The number of rotatable bonds is 6. The van der Waals surface area contributed by atoms with E-state index in [0.29, 0.717) is 0 Å². The Kier molecular flexibility index (Phi) is 5.83. The third kappa shape index (κ3) is 3.79. The molecule has 0 aromatic heterocycles. The third-order valence-corrected chi connectivity index (χ3v) is 4.14. The Labute approximate surface area is 135 Å². The van der Waals surface area contributed by atoms with Gasteiger partial charge in [-0.1, -0.05) is 56.2 Å². The highest BCUT2D eigenvalue weighted by atomic mass is 15.1. The van der Waals surface area contributed by atoms with Gasteiger partial charge in [0.25, 0.3) is 0 Å². The number of anilines is 2. The molecule has 0 spiro atoms. The Hall–Kier alpha value is -2.02. The highest BCUT2D eigenvalue weighted by molar-refractivity contribution is 5.70. The van der Waals surface area contributed by atoms with Crippen molar-refractivity contribution in [3.8, 4) is 0 Å². The first-order valence-corrected chi connectivity index (χ1v) is 8.27. The molecule has 0 aliphatic rings. The fourth-order valence-electron chi connectivity index (χ4n) is 2.65. The van der Waals surface area contributed by atoms with E-state index in [1.54, 1.807) is 0 Å². The van der Waals surface area contributed by atoms with Crippen LogP contribution in [-0.4, -0.2) is 0 Å². The van der Waals surface area contributed by atoms with E-state index in [2.05, 4.69) is 87.3 Å². The van der Waals surface area contributed by atoms with Gasteiger partial charge < -0.3 is 4.90 Å². The van der Waals surface area contributed by atoms with Gasteiger partial charge in [0, 0.05) is 17.6 Å². The van der Waals surface area contributed by atoms with E-state index in [9.17, 15) is 0 Å². The molecule has 0 fully saturated rings. The van der Waals surface area contributed by atoms with E-state index in [4.69, 9.17) is 0 Å². The summed E-state index contributed by atoms with van der Waals surface area (Å²) in [7, 11) is 0. The van der Waals surface area contributed by atoms with Gasteiger partial charge in [0.15, 0.2) is 0 Å². The van der Waals surface area contributed by atoms with Crippen molar-refractivity contribution in [2.24, 2.45) is 0 Å². The number of benzene rings is 2. The number of hydrogen-bond donors (Lipinski definition) is 0. The van der Waals surface area contributed by atoms with Gasteiger partial charge in [0.2, 0.25) is 0 Å². The maximum atomic E-state index is 2.33. The van der Waals surface area contributed by atoms with Crippen LogP contribution in [0.3, 0.4) is 0 Å². The first-order chi connectivity index (χ1) is 10.7. The fraction of sp³-hybridized carbons (Fsp3) is 0.333. The number of nitrogens with zero attached hydrogens (tertiary/aromatic N) is 1. The van der Waals surface area contributed by atoms with Gasteiger partial charge in [-0.05, 0) is 56.0 Å². The summed E-state index contributed by atoms with van der Waals surface area (Å²) in [4.78, 5) is 2.33. The molecule has 1 nitrogen and oxygen atoms in total. The van der Waals surface area contributed by atoms with Crippen molar-refractivity contribution < 1.29 is 0 Å². The molecule has 0 atom stereocenters. The lowest BCUT2D eigenvalue weighted by Crippen LogP contribution is -2.11. The number of hydrogen-bond acceptors (Lipinski definition) is 1. The smallest absolute Gasteiger partial charge is 0.0487 e. The van der Waals surface area contributed by atoms with Crippen LogP contribution in [0.15, 0.2) is 60.3 Å². The Balaban J connectivity index is 2.53. The largest absolute Gasteiger partial charge is 0.317 e. The molecule has 22 heavy (non-hydrogen) atoms. The van der Waals surface area contributed by atoms with E-state index in [0.717, 1.165) is 12.8 Å². The maximum Gasteiger partial charge on any atom is 0.0487 e. The molecular weight excluding hydrogens is 266 g/mol. The quantitative estimate of drug-likeness (QED) is 0.595. The monoisotopic (exact) mass is 293 g/mol. The summed E-state index contributed by atoms with van der Waals surface area (Å²) in [5, 5.41) is 0. The summed E-state index contributed by atoms with van der Waals surface area (Å²) in [6.07, 6.45) is 5.66. The molecule has 0 saturated carbocycles. The van der Waals surface area contributed by atoms with Crippen LogP contribution in [0, 0.1) is 6.92 Å². The van der Waals surface area contributed by atoms with E-state index in [1.165, 1.54) is 34.5 Å². The zero-order valence-corrected chi connectivity index (χ0v) is 14.3. The van der Waals surface area contributed by atoms with E-state index in [1.807, 2.05) is 0 Å². The van der Waals surface area contributed by atoms with Crippen LogP contribution in [0.1, 0.15) is 44.7 Å². The standard InChI is InChI=1S/C21H27N/c1-5-11-19-12-10-15-21(18(19)4)22(16-17(3)6-2)20-13-8-7-9-14-20/h7-10,12-16H,5-6,11H2,1-4H3. The lowest BCUT2D eigenvalue weighted by Gasteiger charge is -2.25. The zero-order valence-electron chi connectivity index (χ0n) is 14.3. The van der Waals surface area contributed by atoms with E-state index in [-0.39, 0.29) is 0 Å². The molecule has 0 heterocycles. The molecule has 2 aromatic rings. The molecule has 0 amide bonds. The van der Waals surface area contributed by atoms with Gasteiger partial charge in [0.1, 0.15) is 0 Å². The Morgan fingerprint density at radius 3 is 2.36 bits per heavy atom. The summed E-state index contributed by atoms with van der Waals surface area (Å²) in [6.45, 7) is 8.88. The minimum atomic E-state index is 1.07. The molecule has 0 aliphatic heterocycles. The second-order valence-corrected chi connectivity index (χ2v) is 5.85. The van der Waals surface area contributed by atoms with Gasteiger partial charge in [-0.2, -0.15) is 0 Å². The molecule has 0 aliphatic carbocycles. The zero-order chi connectivity index (χ0) is 15.9. The summed E-state index contributed by atoms with van der Waals surface area (Å²) in [5.74, 6) is 0. The molecule has 0 radical (unpaired) electrons. The molecule has 0 bridgehead atoms. The Morgan fingerprint density at radius 2 is 1.73 bits per heavy atom. The van der Waals surface area contributed by atoms with Crippen LogP contribution in [0.5, 0.6) is 0 Å². The van der Waals surface area contributed by atoms with Crippen LogP contribution in [0.4, 0.5) is 11.4 Å². The third-order valence-electron chi connectivity index (χ3n) is 4.14. The van der Waals surface area contributed by atoms with Crippen LogP contribution in [0.25, 0.3) is 0 Å². The summed E-state index contributed by atoms with van der Waals surface area (Å²) < 4.78 is 0. The summed E-state index contributed by atoms with van der Waals surface area (Å²) in [6, 6.07) is 17.3. The van der Waals surface area contributed by atoms with E-state index >= 15 is 0 Å². The van der Waals surface area contributed by atoms with Gasteiger partial charge >= 0.3 is 0 Å². The van der Waals surface area contributed by atoms with Gasteiger partial charge in [-0.15, -0.1) is 0 Å². The van der Waals surface area contributed by atoms with Crippen molar-refractivity contribution in [2.75, 3.05) is 4.90 Å². The van der Waals surface area contributed by atoms with Crippen LogP contribution < -0.4 is 4.90 Å². The molecule has 0 N–H and O–H groups in total. The van der Waals surface area contributed by atoms with Crippen molar-refractivity contribution in [1.29, 1.82) is 0 Å². The summed E-state index contributed by atoms with van der Waals surface area (Å²) in [5.41, 5.74) is 6.71. The minimum Gasteiger partial charge on any atom is -0.317 e. The molecule has 2 rings (SSSR count). The average molecular weight is 293 g/mol. The second kappa shape index (κ2) is 7.84. The normalized spacial score (nSPS) is 11.5. The molecule has 116 valence electrons. The van der Waals surface area contributed by atoms with E-state index < -0.39 is 0 Å². The van der Waals surface area contributed by atoms with Crippen molar-refractivity contribution in [1.82, 2.24) is 0 Å². The summed E-state index contributed by atoms with van der Waals surface area (Å²) >= 11 is 0. The van der Waals surface area contributed by atoms with Gasteiger partial charge in [0.05, 0.1) is 0 Å². The predicted molar refractivity (Wildman–Crippen MR) is 97.8 cm³/mol. The highest BCUT2D eigenvalue weighted by Crippen LogP contribution is 2.31. The lowest BCUT2D eigenvalue weighted by molar-refractivity contribution is 0.911.